The molecule has 8 heteroatoms. The molecule has 0 saturated carbocycles. The van der Waals surface area contributed by atoms with Gasteiger partial charge in [0.1, 0.15) is 0 Å². The summed E-state index contributed by atoms with van der Waals surface area (Å²) in [6.07, 6.45) is 1.70. The number of amides is 4. The summed E-state index contributed by atoms with van der Waals surface area (Å²) < 4.78 is 0. The molecule has 1 aliphatic rings. The zero-order valence-corrected chi connectivity index (χ0v) is 11.8. The van der Waals surface area contributed by atoms with Gasteiger partial charge in [0, 0.05) is 12.6 Å². The molecule has 0 radical (unpaired) electrons. The van der Waals surface area contributed by atoms with Crippen molar-refractivity contribution < 1.29 is 14.4 Å². The van der Waals surface area contributed by atoms with Crippen molar-refractivity contribution in [1.82, 2.24) is 20.9 Å². The Morgan fingerprint density at radius 2 is 1.90 bits per heavy atom. The van der Waals surface area contributed by atoms with E-state index in [9.17, 15) is 14.4 Å². The second-order valence-electron chi connectivity index (χ2n) is 4.76. The topological polar surface area (TPSA) is 117 Å². The molecule has 0 unspecified atom stereocenters. The van der Waals surface area contributed by atoms with Gasteiger partial charge < -0.3 is 16.4 Å². The Morgan fingerprint density at radius 3 is 2.45 bits per heavy atom. The number of urea groups is 1. The van der Waals surface area contributed by atoms with Crippen LogP contribution in [-0.2, 0) is 9.59 Å². The first-order valence-corrected chi connectivity index (χ1v) is 6.83. The van der Waals surface area contributed by atoms with Gasteiger partial charge >= 0.3 is 6.03 Å². The van der Waals surface area contributed by atoms with Gasteiger partial charge in [0.15, 0.2) is 0 Å². The average Bonchev–Trinajstić information content (AvgIpc) is 2.38. The lowest BCUT2D eigenvalue weighted by molar-refractivity contribution is -0.124. The number of carbonyl (C=O) groups is 3. The van der Waals surface area contributed by atoms with Crippen LogP contribution in [0.4, 0.5) is 4.79 Å². The molecule has 1 saturated heterocycles. The van der Waals surface area contributed by atoms with E-state index in [4.69, 9.17) is 5.73 Å². The zero-order chi connectivity index (χ0) is 15.0. The number of nitrogens with zero attached hydrogens (tertiary/aromatic N) is 1. The first kappa shape index (κ1) is 16.4. The molecule has 20 heavy (non-hydrogen) atoms. The molecule has 0 bridgehead atoms. The maximum atomic E-state index is 11.8. The minimum atomic E-state index is -0.526. The van der Waals surface area contributed by atoms with Crippen LogP contribution in [0.5, 0.6) is 0 Å². The van der Waals surface area contributed by atoms with Gasteiger partial charge in [-0.2, -0.15) is 0 Å². The molecule has 0 aromatic heterocycles. The second kappa shape index (κ2) is 8.49. The van der Waals surface area contributed by atoms with Crippen molar-refractivity contribution >= 4 is 17.8 Å². The van der Waals surface area contributed by atoms with Crippen LogP contribution in [0.2, 0.25) is 0 Å². The van der Waals surface area contributed by atoms with Crippen LogP contribution >= 0.6 is 0 Å². The summed E-state index contributed by atoms with van der Waals surface area (Å²) in [6.45, 7) is 3.91. The Balaban J connectivity index is 2.52. The van der Waals surface area contributed by atoms with Crippen molar-refractivity contribution in [2.45, 2.75) is 25.8 Å². The van der Waals surface area contributed by atoms with Crippen molar-refractivity contribution in [3.63, 3.8) is 0 Å². The third kappa shape index (κ3) is 5.98. The largest absolute Gasteiger partial charge is 0.369 e. The summed E-state index contributed by atoms with van der Waals surface area (Å²) in [4.78, 5) is 35.9. The standard InChI is InChI=1S/C12H23N5O3/c1-2-15-12(20)16-11(19)8-17(7-10(13)18)9-3-5-14-6-4-9/h9,14H,2-8H2,1H3,(H2,13,18)(H2,15,16,19,20). The fourth-order valence-corrected chi connectivity index (χ4v) is 2.24. The Kier molecular flexibility index (Phi) is 6.96. The SMILES string of the molecule is CCNC(=O)NC(=O)CN(CC(N)=O)C1CCNCC1. The number of imide groups is 1. The van der Waals surface area contributed by atoms with Crippen molar-refractivity contribution in [2.75, 3.05) is 32.7 Å². The highest BCUT2D eigenvalue weighted by Crippen LogP contribution is 2.11. The molecule has 114 valence electrons. The van der Waals surface area contributed by atoms with Gasteiger partial charge in [-0.25, -0.2) is 4.79 Å². The van der Waals surface area contributed by atoms with Crippen LogP contribution in [0.1, 0.15) is 19.8 Å². The molecule has 0 aromatic carbocycles. The molecule has 1 fully saturated rings. The van der Waals surface area contributed by atoms with Crippen molar-refractivity contribution in [3.05, 3.63) is 0 Å². The molecule has 1 rings (SSSR count). The van der Waals surface area contributed by atoms with E-state index < -0.39 is 17.8 Å². The number of nitrogens with one attached hydrogen (secondary N) is 3. The number of hydrogen-bond acceptors (Lipinski definition) is 5. The number of rotatable bonds is 6. The molecule has 0 atom stereocenters. The third-order valence-corrected chi connectivity index (χ3v) is 3.12. The van der Waals surface area contributed by atoms with Crippen LogP contribution in [0.25, 0.3) is 0 Å². The molecule has 4 amide bonds. The van der Waals surface area contributed by atoms with Gasteiger partial charge in [0.25, 0.3) is 0 Å². The van der Waals surface area contributed by atoms with E-state index in [0.29, 0.717) is 6.54 Å². The Hall–Kier alpha value is -1.67. The molecule has 5 N–H and O–H groups in total. The first-order valence-electron chi connectivity index (χ1n) is 6.83. The fraction of sp³-hybridized carbons (Fsp3) is 0.750. The molecule has 0 spiro atoms. The summed E-state index contributed by atoms with van der Waals surface area (Å²) in [6, 6.07) is -0.398. The van der Waals surface area contributed by atoms with Crippen LogP contribution in [0, 0.1) is 0 Å². The zero-order valence-electron chi connectivity index (χ0n) is 11.8. The molecule has 1 heterocycles. The molecule has 8 nitrogen and oxygen atoms in total. The monoisotopic (exact) mass is 285 g/mol. The van der Waals surface area contributed by atoms with Crippen LogP contribution in [0.3, 0.4) is 0 Å². The third-order valence-electron chi connectivity index (χ3n) is 3.12. The van der Waals surface area contributed by atoms with E-state index in [-0.39, 0.29) is 19.1 Å². The highest BCUT2D eigenvalue weighted by atomic mass is 16.2. The van der Waals surface area contributed by atoms with Gasteiger partial charge in [0.2, 0.25) is 11.8 Å². The highest BCUT2D eigenvalue weighted by Gasteiger charge is 2.24. The second-order valence-corrected chi connectivity index (χ2v) is 4.76. The Bertz CT molecular complexity index is 355. The number of hydrogen-bond donors (Lipinski definition) is 4. The predicted molar refractivity (Wildman–Crippen MR) is 73.9 cm³/mol. The number of nitrogens with two attached hydrogens (primary N) is 1. The molecule has 0 aromatic rings. The van der Waals surface area contributed by atoms with Crippen molar-refractivity contribution in [1.29, 1.82) is 0 Å². The minimum absolute atomic E-state index is 0.00919. The molecule has 0 aliphatic carbocycles. The predicted octanol–water partition coefficient (Wildman–Crippen LogP) is -1.63. The molecular formula is C12H23N5O3. The van der Waals surface area contributed by atoms with Crippen molar-refractivity contribution in [2.24, 2.45) is 5.73 Å². The quantitative estimate of drug-likeness (QED) is 0.467. The minimum Gasteiger partial charge on any atom is -0.369 e. The van der Waals surface area contributed by atoms with Gasteiger partial charge in [-0.05, 0) is 32.9 Å². The van der Waals surface area contributed by atoms with Crippen LogP contribution < -0.4 is 21.7 Å². The lowest BCUT2D eigenvalue weighted by Crippen LogP contribution is -2.51. The van der Waals surface area contributed by atoms with Gasteiger partial charge in [-0.1, -0.05) is 0 Å². The number of piperidine rings is 1. The highest BCUT2D eigenvalue weighted by molar-refractivity contribution is 5.95. The lowest BCUT2D eigenvalue weighted by Gasteiger charge is -2.33. The van der Waals surface area contributed by atoms with E-state index in [2.05, 4.69) is 16.0 Å². The fourth-order valence-electron chi connectivity index (χ4n) is 2.24. The van der Waals surface area contributed by atoms with Gasteiger partial charge in [-0.15, -0.1) is 0 Å². The van der Waals surface area contributed by atoms with E-state index in [1.54, 1.807) is 11.8 Å². The number of primary amides is 1. The van der Waals surface area contributed by atoms with Crippen molar-refractivity contribution in [3.8, 4) is 0 Å². The lowest BCUT2D eigenvalue weighted by atomic mass is 10.0. The average molecular weight is 285 g/mol. The maximum Gasteiger partial charge on any atom is 0.321 e. The smallest absolute Gasteiger partial charge is 0.321 e. The van der Waals surface area contributed by atoms with E-state index in [0.717, 1.165) is 25.9 Å². The summed E-state index contributed by atoms with van der Waals surface area (Å²) in [5.74, 6) is -0.912. The first-order chi connectivity index (χ1) is 9.52. The number of carbonyl (C=O) groups excluding carboxylic acids is 3. The Labute approximate surface area is 118 Å². The summed E-state index contributed by atoms with van der Waals surface area (Å²) in [5.41, 5.74) is 5.22. The maximum absolute atomic E-state index is 11.8. The molecular weight excluding hydrogens is 262 g/mol. The van der Waals surface area contributed by atoms with Crippen LogP contribution in [0.15, 0.2) is 0 Å². The van der Waals surface area contributed by atoms with Crippen LogP contribution in [-0.4, -0.2) is 61.5 Å². The van der Waals surface area contributed by atoms with E-state index >= 15 is 0 Å². The van der Waals surface area contributed by atoms with Gasteiger partial charge in [-0.3, -0.25) is 19.8 Å². The van der Waals surface area contributed by atoms with E-state index in [1.165, 1.54) is 0 Å². The molecule has 1 aliphatic heterocycles. The summed E-state index contributed by atoms with van der Waals surface area (Å²) in [7, 11) is 0. The van der Waals surface area contributed by atoms with Gasteiger partial charge in [0.05, 0.1) is 13.1 Å². The van der Waals surface area contributed by atoms with E-state index in [1.807, 2.05) is 0 Å². The summed E-state index contributed by atoms with van der Waals surface area (Å²) in [5, 5.41) is 7.92. The summed E-state index contributed by atoms with van der Waals surface area (Å²) >= 11 is 0. The normalized spacial score (nSPS) is 15.9. The Morgan fingerprint density at radius 1 is 1.25 bits per heavy atom.